The van der Waals surface area contributed by atoms with Crippen LogP contribution in [0.25, 0.3) is 0 Å². The predicted molar refractivity (Wildman–Crippen MR) is 81.4 cm³/mol. The largest absolute Gasteiger partial charge is 0.480 e. The van der Waals surface area contributed by atoms with Crippen LogP contribution in [-0.4, -0.2) is 73.5 Å². The predicted octanol–water partition coefficient (Wildman–Crippen LogP) is -1.02. The molecule has 0 aliphatic carbocycles. The third-order valence-electron chi connectivity index (χ3n) is 2.67. The second-order valence-electron chi connectivity index (χ2n) is 4.89. The maximum atomic E-state index is 11.2. The number of carboxylic acids is 2. The van der Waals surface area contributed by atoms with E-state index in [1.165, 1.54) is 0 Å². The van der Waals surface area contributed by atoms with E-state index in [-0.39, 0.29) is 25.0 Å². The van der Waals surface area contributed by atoms with E-state index in [0.29, 0.717) is 13.1 Å². The molecule has 0 spiro atoms. The number of amides is 2. The van der Waals surface area contributed by atoms with Crippen LogP contribution in [0.4, 0.5) is 0 Å². The summed E-state index contributed by atoms with van der Waals surface area (Å²) in [5.41, 5.74) is 0. The summed E-state index contributed by atoms with van der Waals surface area (Å²) in [6.45, 7) is -0.596. The van der Waals surface area contributed by atoms with Crippen molar-refractivity contribution in [3.8, 4) is 0 Å². The maximum absolute atomic E-state index is 11.2. The monoisotopic (exact) mass is 348 g/mol. The van der Waals surface area contributed by atoms with Crippen molar-refractivity contribution in [1.82, 2.24) is 10.6 Å². The highest BCUT2D eigenvalue weighted by Gasteiger charge is 2.04. The molecule has 0 unspecified atom stereocenters. The van der Waals surface area contributed by atoms with Crippen molar-refractivity contribution in [3.63, 3.8) is 0 Å². The molecule has 0 saturated heterocycles. The number of rotatable bonds is 15. The van der Waals surface area contributed by atoms with E-state index >= 15 is 0 Å². The Kier molecular flexibility index (Phi) is 13.1. The fourth-order valence-electron chi connectivity index (χ4n) is 1.62. The van der Waals surface area contributed by atoms with Crippen molar-refractivity contribution in [2.24, 2.45) is 0 Å². The number of unbranched alkanes of at least 4 members (excludes halogenated alkanes) is 3. The molecule has 10 heteroatoms. The van der Waals surface area contributed by atoms with Crippen LogP contribution in [0.5, 0.6) is 0 Å². The third-order valence-corrected chi connectivity index (χ3v) is 2.67. The number of ether oxygens (including phenoxy) is 2. The SMILES string of the molecule is O=C(O)COCC(=O)NCCCCCCNC(=O)COCC(=O)O. The lowest BCUT2D eigenvalue weighted by molar-refractivity contribution is -0.145. The van der Waals surface area contributed by atoms with Gasteiger partial charge in [0.1, 0.15) is 26.4 Å². The summed E-state index contributed by atoms with van der Waals surface area (Å²) in [5, 5.41) is 21.9. The topological polar surface area (TPSA) is 151 Å². The molecule has 0 rings (SSSR count). The average Bonchev–Trinajstić information content (AvgIpc) is 2.49. The molecule has 0 aromatic carbocycles. The minimum Gasteiger partial charge on any atom is -0.480 e. The molecule has 0 aromatic rings. The first-order valence-corrected chi connectivity index (χ1v) is 7.54. The number of hydrogen-bond donors (Lipinski definition) is 4. The number of nitrogens with one attached hydrogen (secondary N) is 2. The van der Waals surface area contributed by atoms with Gasteiger partial charge in [0.15, 0.2) is 0 Å². The van der Waals surface area contributed by atoms with Crippen LogP contribution in [0.3, 0.4) is 0 Å². The highest BCUT2D eigenvalue weighted by Crippen LogP contribution is 1.97. The number of carbonyl (C=O) groups is 4. The van der Waals surface area contributed by atoms with Crippen molar-refractivity contribution in [1.29, 1.82) is 0 Å². The number of carboxylic acid groups (broad SMARTS) is 2. The van der Waals surface area contributed by atoms with Crippen molar-refractivity contribution in [2.75, 3.05) is 39.5 Å². The molecule has 4 N–H and O–H groups in total. The van der Waals surface area contributed by atoms with Gasteiger partial charge in [0, 0.05) is 13.1 Å². The van der Waals surface area contributed by atoms with E-state index in [0.717, 1.165) is 25.7 Å². The minimum absolute atomic E-state index is 0.276. The van der Waals surface area contributed by atoms with Gasteiger partial charge in [0.2, 0.25) is 11.8 Å². The third kappa shape index (κ3) is 16.2. The van der Waals surface area contributed by atoms with Gasteiger partial charge in [0.05, 0.1) is 0 Å². The van der Waals surface area contributed by atoms with Crippen LogP contribution >= 0.6 is 0 Å². The van der Waals surface area contributed by atoms with Crippen LogP contribution in [0.1, 0.15) is 25.7 Å². The first-order chi connectivity index (χ1) is 11.4. The molecule has 0 atom stereocenters. The van der Waals surface area contributed by atoms with Gasteiger partial charge in [-0.1, -0.05) is 12.8 Å². The molecule has 24 heavy (non-hydrogen) atoms. The fraction of sp³-hybridized carbons (Fsp3) is 0.714. The first kappa shape index (κ1) is 21.8. The summed E-state index contributed by atoms with van der Waals surface area (Å²) < 4.78 is 9.27. The lowest BCUT2D eigenvalue weighted by Crippen LogP contribution is -2.30. The molecule has 138 valence electrons. The molecule has 0 aliphatic heterocycles. The highest BCUT2D eigenvalue weighted by molar-refractivity contribution is 5.78. The smallest absolute Gasteiger partial charge is 0.329 e. The zero-order valence-electron chi connectivity index (χ0n) is 13.4. The van der Waals surface area contributed by atoms with Crippen LogP contribution in [0.2, 0.25) is 0 Å². The summed E-state index contributed by atoms with van der Waals surface area (Å²) in [6, 6.07) is 0. The van der Waals surface area contributed by atoms with E-state index in [1.54, 1.807) is 0 Å². The maximum Gasteiger partial charge on any atom is 0.329 e. The molecule has 0 heterocycles. The second kappa shape index (κ2) is 14.4. The Bertz CT molecular complexity index is 376. The molecule has 0 radical (unpaired) electrons. The summed E-state index contributed by atoms with van der Waals surface area (Å²) in [5.74, 6) is -2.96. The van der Waals surface area contributed by atoms with Gasteiger partial charge >= 0.3 is 11.9 Å². The summed E-state index contributed by atoms with van der Waals surface area (Å²) in [6.07, 6.45) is 3.25. The van der Waals surface area contributed by atoms with E-state index in [2.05, 4.69) is 20.1 Å². The number of aliphatic carboxylic acids is 2. The molecule has 0 saturated carbocycles. The molecule has 0 bridgehead atoms. The Hall–Kier alpha value is -2.20. The summed E-state index contributed by atoms with van der Waals surface area (Å²) >= 11 is 0. The van der Waals surface area contributed by atoms with E-state index in [9.17, 15) is 19.2 Å². The molecule has 0 fully saturated rings. The van der Waals surface area contributed by atoms with Crippen molar-refractivity contribution >= 4 is 23.8 Å². The zero-order chi connectivity index (χ0) is 18.2. The van der Waals surface area contributed by atoms with Gasteiger partial charge in [-0.15, -0.1) is 0 Å². The molecule has 10 nitrogen and oxygen atoms in total. The summed E-state index contributed by atoms with van der Waals surface area (Å²) in [7, 11) is 0. The Balaban J connectivity index is 3.32. The average molecular weight is 348 g/mol. The van der Waals surface area contributed by atoms with E-state index < -0.39 is 25.2 Å². The normalized spacial score (nSPS) is 10.2. The Morgan fingerprint density at radius 2 is 1.00 bits per heavy atom. The van der Waals surface area contributed by atoms with Gasteiger partial charge in [-0.25, -0.2) is 9.59 Å². The molecule has 0 aliphatic rings. The first-order valence-electron chi connectivity index (χ1n) is 7.54. The molecular weight excluding hydrogens is 324 g/mol. The summed E-state index contributed by atoms with van der Waals surface area (Å²) in [4.78, 5) is 42.8. The quantitative estimate of drug-likeness (QED) is 0.275. The lowest BCUT2D eigenvalue weighted by atomic mass is 10.2. The standard InChI is InChI=1S/C14H24N2O8/c17-11(7-23-9-13(19)20)15-5-3-1-2-4-6-16-12(18)8-24-10-14(21)22/h1-10H2,(H,15,17)(H,16,18)(H,19,20)(H,21,22). The Morgan fingerprint density at radius 1 is 0.625 bits per heavy atom. The highest BCUT2D eigenvalue weighted by atomic mass is 16.5. The van der Waals surface area contributed by atoms with E-state index in [1.807, 2.05) is 0 Å². The molecule has 0 aromatic heterocycles. The van der Waals surface area contributed by atoms with Crippen LogP contribution in [0, 0.1) is 0 Å². The van der Waals surface area contributed by atoms with Crippen LogP contribution < -0.4 is 10.6 Å². The van der Waals surface area contributed by atoms with Gasteiger partial charge in [-0.3, -0.25) is 9.59 Å². The van der Waals surface area contributed by atoms with Crippen molar-refractivity contribution in [2.45, 2.75) is 25.7 Å². The Labute approximate surface area is 139 Å². The van der Waals surface area contributed by atoms with Gasteiger partial charge in [-0.05, 0) is 12.8 Å². The van der Waals surface area contributed by atoms with Crippen LogP contribution in [-0.2, 0) is 28.7 Å². The van der Waals surface area contributed by atoms with E-state index in [4.69, 9.17) is 10.2 Å². The Morgan fingerprint density at radius 3 is 1.33 bits per heavy atom. The van der Waals surface area contributed by atoms with Crippen molar-refractivity contribution < 1.29 is 38.9 Å². The molecule has 2 amide bonds. The number of carbonyl (C=O) groups excluding carboxylic acids is 2. The van der Waals surface area contributed by atoms with Crippen LogP contribution in [0.15, 0.2) is 0 Å². The zero-order valence-corrected chi connectivity index (χ0v) is 13.4. The van der Waals surface area contributed by atoms with Crippen molar-refractivity contribution in [3.05, 3.63) is 0 Å². The number of hydrogen-bond acceptors (Lipinski definition) is 6. The second-order valence-corrected chi connectivity index (χ2v) is 4.89. The van der Waals surface area contributed by atoms with Gasteiger partial charge in [0.25, 0.3) is 0 Å². The fourth-order valence-corrected chi connectivity index (χ4v) is 1.62. The van der Waals surface area contributed by atoms with Gasteiger partial charge in [-0.2, -0.15) is 0 Å². The van der Waals surface area contributed by atoms with Gasteiger partial charge < -0.3 is 30.3 Å². The minimum atomic E-state index is -1.12. The lowest BCUT2D eigenvalue weighted by Gasteiger charge is -2.06. The molecular formula is C14H24N2O8.